The van der Waals surface area contributed by atoms with Crippen LogP contribution < -0.4 is 5.73 Å². The number of halogens is 1. The molecule has 0 aromatic carbocycles. The Morgan fingerprint density at radius 1 is 1.42 bits per heavy atom. The monoisotopic (exact) mass is 328 g/mol. The highest BCUT2D eigenvalue weighted by molar-refractivity contribution is 9.10. The lowest BCUT2D eigenvalue weighted by Crippen LogP contribution is -2.47. The van der Waals surface area contributed by atoms with E-state index < -0.39 is 0 Å². The number of nitrogens with zero attached hydrogens (tertiary/aromatic N) is 3. The molecular weight excluding hydrogens is 304 g/mol. The van der Waals surface area contributed by atoms with E-state index in [-0.39, 0.29) is 0 Å². The predicted octanol–water partition coefficient (Wildman–Crippen LogP) is 2.40. The van der Waals surface area contributed by atoms with E-state index in [0.29, 0.717) is 12.0 Å². The predicted molar refractivity (Wildman–Crippen MR) is 82.0 cm³/mol. The first-order valence-electron chi connectivity index (χ1n) is 7.28. The van der Waals surface area contributed by atoms with Crippen molar-refractivity contribution in [3.8, 4) is 0 Å². The number of aromatic nitrogens is 2. The number of rotatable bonds is 4. The van der Waals surface area contributed by atoms with Gasteiger partial charge in [-0.3, -0.25) is 9.58 Å². The number of piperidine rings is 1. The first kappa shape index (κ1) is 15.0. The molecule has 1 aromatic heterocycles. The number of aryl methyl sites for hydroxylation is 2. The van der Waals surface area contributed by atoms with E-state index >= 15 is 0 Å². The van der Waals surface area contributed by atoms with Gasteiger partial charge < -0.3 is 5.73 Å². The van der Waals surface area contributed by atoms with Gasteiger partial charge in [-0.2, -0.15) is 5.10 Å². The van der Waals surface area contributed by atoms with Crippen LogP contribution in [-0.4, -0.2) is 33.8 Å². The van der Waals surface area contributed by atoms with Crippen molar-refractivity contribution < 1.29 is 0 Å². The Kier molecular flexibility index (Phi) is 5.03. The van der Waals surface area contributed by atoms with Gasteiger partial charge in [-0.15, -0.1) is 0 Å². The Bertz CT molecular complexity index is 429. The van der Waals surface area contributed by atoms with Crippen molar-refractivity contribution >= 4 is 15.9 Å². The molecule has 19 heavy (non-hydrogen) atoms. The standard InChI is InChI=1S/C14H25BrN4/c1-4-12-14(15)13(19(5-2)17-12)9-18-7-6-10(3)11(16)8-18/h10-11H,4-9,16H2,1-3H3. The number of hydrogen-bond donors (Lipinski definition) is 1. The summed E-state index contributed by atoms with van der Waals surface area (Å²) in [5.41, 5.74) is 8.64. The van der Waals surface area contributed by atoms with Gasteiger partial charge in [0.15, 0.2) is 0 Å². The maximum atomic E-state index is 6.19. The quantitative estimate of drug-likeness (QED) is 0.923. The van der Waals surface area contributed by atoms with Crippen LogP contribution in [0.2, 0.25) is 0 Å². The largest absolute Gasteiger partial charge is 0.326 e. The molecule has 0 bridgehead atoms. The summed E-state index contributed by atoms with van der Waals surface area (Å²) in [6, 6.07) is 0.302. The smallest absolute Gasteiger partial charge is 0.0767 e. The third kappa shape index (κ3) is 3.20. The molecule has 1 aliphatic rings. The van der Waals surface area contributed by atoms with E-state index in [9.17, 15) is 0 Å². The summed E-state index contributed by atoms with van der Waals surface area (Å²) in [6.07, 6.45) is 2.16. The summed E-state index contributed by atoms with van der Waals surface area (Å²) in [6.45, 7) is 10.5. The summed E-state index contributed by atoms with van der Waals surface area (Å²) in [4.78, 5) is 2.46. The van der Waals surface area contributed by atoms with Crippen molar-refractivity contribution in [3.63, 3.8) is 0 Å². The Balaban J connectivity index is 2.12. The Morgan fingerprint density at radius 3 is 2.74 bits per heavy atom. The Labute approximate surface area is 124 Å². The SMILES string of the molecule is CCc1nn(CC)c(CN2CCC(C)C(N)C2)c1Br. The second-order valence-electron chi connectivity index (χ2n) is 5.54. The Morgan fingerprint density at radius 2 is 2.16 bits per heavy atom. The molecule has 0 radical (unpaired) electrons. The fraction of sp³-hybridized carbons (Fsp3) is 0.786. The molecule has 1 aliphatic heterocycles. The molecule has 1 aromatic rings. The van der Waals surface area contributed by atoms with Gasteiger partial charge in [0.25, 0.3) is 0 Å². The molecule has 1 fully saturated rings. The van der Waals surface area contributed by atoms with Gasteiger partial charge in [0.1, 0.15) is 0 Å². The van der Waals surface area contributed by atoms with E-state index in [1.165, 1.54) is 16.6 Å². The van der Waals surface area contributed by atoms with E-state index in [2.05, 4.69) is 51.4 Å². The van der Waals surface area contributed by atoms with Gasteiger partial charge in [-0.1, -0.05) is 13.8 Å². The zero-order valence-corrected chi connectivity index (χ0v) is 13.8. The summed E-state index contributed by atoms with van der Waals surface area (Å²) < 4.78 is 3.30. The van der Waals surface area contributed by atoms with Crippen LogP contribution in [0.1, 0.15) is 38.6 Å². The van der Waals surface area contributed by atoms with Gasteiger partial charge in [0.2, 0.25) is 0 Å². The highest BCUT2D eigenvalue weighted by atomic mass is 79.9. The van der Waals surface area contributed by atoms with Crippen molar-refractivity contribution in [2.45, 2.75) is 52.7 Å². The summed E-state index contributed by atoms with van der Waals surface area (Å²) in [5, 5.41) is 4.66. The summed E-state index contributed by atoms with van der Waals surface area (Å²) >= 11 is 3.72. The zero-order chi connectivity index (χ0) is 14.0. The molecule has 0 aliphatic carbocycles. The third-order valence-corrected chi connectivity index (χ3v) is 5.08. The molecule has 108 valence electrons. The minimum atomic E-state index is 0.302. The molecule has 2 heterocycles. The maximum absolute atomic E-state index is 6.19. The zero-order valence-electron chi connectivity index (χ0n) is 12.2. The second kappa shape index (κ2) is 6.37. The fourth-order valence-corrected chi connectivity index (χ4v) is 3.38. The molecule has 5 heteroatoms. The minimum Gasteiger partial charge on any atom is -0.326 e. The normalized spacial score (nSPS) is 24.9. The van der Waals surface area contributed by atoms with Crippen molar-refractivity contribution in [1.82, 2.24) is 14.7 Å². The molecule has 2 N–H and O–H groups in total. The van der Waals surface area contributed by atoms with Crippen molar-refractivity contribution in [1.29, 1.82) is 0 Å². The maximum Gasteiger partial charge on any atom is 0.0767 e. The van der Waals surface area contributed by atoms with E-state index in [4.69, 9.17) is 5.73 Å². The van der Waals surface area contributed by atoms with Crippen LogP contribution in [-0.2, 0) is 19.5 Å². The minimum absolute atomic E-state index is 0.302. The lowest BCUT2D eigenvalue weighted by atomic mass is 9.94. The fourth-order valence-electron chi connectivity index (χ4n) is 2.69. The third-order valence-electron chi connectivity index (χ3n) is 4.17. The molecule has 2 rings (SSSR count). The highest BCUT2D eigenvalue weighted by Gasteiger charge is 2.25. The Hall–Kier alpha value is -0.390. The van der Waals surface area contributed by atoms with Crippen LogP contribution in [0.5, 0.6) is 0 Å². The van der Waals surface area contributed by atoms with Gasteiger partial charge in [0, 0.05) is 25.7 Å². The van der Waals surface area contributed by atoms with E-state index in [1.807, 2.05) is 0 Å². The average molecular weight is 329 g/mol. The summed E-state index contributed by atoms with van der Waals surface area (Å²) in [7, 11) is 0. The van der Waals surface area contributed by atoms with Crippen LogP contribution in [0.25, 0.3) is 0 Å². The van der Waals surface area contributed by atoms with Crippen LogP contribution in [0.3, 0.4) is 0 Å². The second-order valence-corrected chi connectivity index (χ2v) is 6.33. The molecule has 0 spiro atoms. The van der Waals surface area contributed by atoms with Gasteiger partial charge in [-0.05, 0) is 48.2 Å². The number of hydrogen-bond acceptors (Lipinski definition) is 3. The van der Waals surface area contributed by atoms with Crippen molar-refractivity contribution in [3.05, 3.63) is 15.9 Å². The topological polar surface area (TPSA) is 47.1 Å². The van der Waals surface area contributed by atoms with Crippen LogP contribution >= 0.6 is 15.9 Å². The van der Waals surface area contributed by atoms with E-state index in [1.54, 1.807) is 0 Å². The molecule has 1 saturated heterocycles. The lowest BCUT2D eigenvalue weighted by Gasteiger charge is -2.35. The van der Waals surface area contributed by atoms with Gasteiger partial charge in [0.05, 0.1) is 15.9 Å². The van der Waals surface area contributed by atoms with Crippen LogP contribution in [0, 0.1) is 5.92 Å². The highest BCUT2D eigenvalue weighted by Crippen LogP contribution is 2.25. The van der Waals surface area contributed by atoms with Crippen molar-refractivity contribution in [2.24, 2.45) is 11.7 Å². The summed E-state index contributed by atoms with van der Waals surface area (Å²) in [5.74, 6) is 0.641. The average Bonchev–Trinajstić information content (AvgIpc) is 2.70. The van der Waals surface area contributed by atoms with E-state index in [0.717, 1.165) is 38.3 Å². The first-order valence-corrected chi connectivity index (χ1v) is 8.08. The molecule has 2 atom stereocenters. The molecule has 0 amide bonds. The molecule has 4 nitrogen and oxygen atoms in total. The van der Waals surface area contributed by atoms with Crippen LogP contribution in [0.4, 0.5) is 0 Å². The van der Waals surface area contributed by atoms with Gasteiger partial charge >= 0.3 is 0 Å². The molecule has 0 saturated carbocycles. The molecule has 2 unspecified atom stereocenters. The number of likely N-dealkylation sites (tertiary alicyclic amines) is 1. The molecular formula is C14H25BrN4. The van der Waals surface area contributed by atoms with Crippen molar-refractivity contribution in [2.75, 3.05) is 13.1 Å². The van der Waals surface area contributed by atoms with Crippen LogP contribution in [0.15, 0.2) is 4.47 Å². The first-order chi connectivity index (χ1) is 9.06. The number of nitrogens with two attached hydrogens (primary N) is 1. The lowest BCUT2D eigenvalue weighted by molar-refractivity contribution is 0.158. The van der Waals surface area contributed by atoms with Gasteiger partial charge in [-0.25, -0.2) is 0 Å².